The molecule has 1 N–H and O–H groups in total. The van der Waals surface area contributed by atoms with Crippen LogP contribution in [0.15, 0.2) is 36.4 Å². The van der Waals surface area contributed by atoms with E-state index in [4.69, 9.17) is 9.47 Å². The van der Waals surface area contributed by atoms with E-state index in [0.717, 1.165) is 17.4 Å². The molecular weight excluding hydrogens is 533 g/mol. The Hall–Kier alpha value is -3.27. The number of carboxylic acid groups (broad SMARTS) is 1. The molecule has 7 nitrogen and oxygen atoms in total. The minimum Gasteiger partial charge on any atom is -0.479 e. The van der Waals surface area contributed by atoms with Gasteiger partial charge in [-0.2, -0.15) is 0 Å². The maximum absolute atomic E-state index is 15.6. The third-order valence-corrected chi connectivity index (χ3v) is 8.23. The smallest absolute Gasteiger partial charge is 0.337 e. The van der Waals surface area contributed by atoms with E-state index in [-0.39, 0.29) is 18.8 Å². The molecule has 0 amide bonds. The predicted molar refractivity (Wildman–Crippen MR) is 154 cm³/mol. The number of aliphatic carboxylic acids is 1. The highest BCUT2D eigenvalue weighted by Crippen LogP contribution is 2.52. The van der Waals surface area contributed by atoms with Crippen molar-refractivity contribution in [1.82, 2.24) is 0 Å². The van der Waals surface area contributed by atoms with Gasteiger partial charge in [-0.05, 0) is 81.0 Å². The van der Waals surface area contributed by atoms with E-state index in [0.29, 0.717) is 44.5 Å². The van der Waals surface area contributed by atoms with Crippen molar-refractivity contribution < 1.29 is 32.2 Å². The monoisotopic (exact) mass is 569 g/mol. The van der Waals surface area contributed by atoms with E-state index in [2.05, 4.69) is 0 Å². The Morgan fingerprint density at radius 3 is 2.33 bits per heavy atom. The van der Waals surface area contributed by atoms with Crippen molar-refractivity contribution in [1.29, 1.82) is 0 Å². The summed E-state index contributed by atoms with van der Waals surface area (Å²) >= 11 is 0. The summed E-state index contributed by atoms with van der Waals surface area (Å²) in [6, 6.07) is 10.4. The highest BCUT2D eigenvalue weighted by atomic mass is 32.2. The van der Waals surface area contributed by atoms with Crippen molar-refractivity contribution in [2.75, 3.05) is 17.7 Å². The van der Waals surface area contributed by atoms with Crippen LogP contribution in [0.2, 0.25) is 0 Å². The number of methoxy groups -OCH3 is 1. The molecule has 0 aromatic heterocycles. The first-order valence-corrected chi connectivity index (χ1v) is 14.8. The number of aryl methyl sites for hydroxylation is 1. The van der Waals surface area contributed by atoms with E-state index < -0.39 is 33.5 Å². The summed E-state index contributed by atoms with van der Waals surface area (Å²) in [5, 5.41) is 10.5. The second-order valence-electron chi connectivity index (χ2n) is 11.3. The number of anilines is 1. The second-order valence-corrected chi connectivity index (χ2v) is 13.3. The molecule has 0 unspecified atom stereocenters. The first-order chi connectivity index (χ1) is 18.6. The van der Waals surface area contributed by atoms with E-state index >= 15 is 4.39 Å². The van der Waals surface area contributed by atoms with Gasteiger partial charge in [-0.15, -0.1) is 0 Å². The Labute approximate surface area is 235 Å². The van der Waals surface area contributed by atoms with Gasteiger partial charge in [0.2, 0.25) is 10.0 Å². The average Bonchev–Trinajstić information content (AvgIpc) is 2.83. The molecule has 0 radical (unpaired) electrons. The highest BCUT2D eigenvalue weighted by molar-refractivity contribution is 7.92. The number of ether oxygens (including phenoxy) is 2. The lowest BCUT2D eigenvalue weighted by Gasteiger charge is -2.37. The van der Waals surface area contributed by atoms with Gasteiger partial charge < -0.3 is 14.6 Å². The lowest BCUT2D eigenvalue weighted by molar-refractivity contribution is -0.160. The van der Waals surface area contributed by atoms with Gasteiger partial charge in [0.15, 0.2) is 6.10 Å². The lowest BCUT2D eigenvalue weighted by Crippen LogP contribution is -2.35. The maximum Gasteiger partial charge on any atom is 0.337 e. The van der Waals surface area contributed by atoms with Crippen LogP contribution in [0.5, 0.6) is 0 Å². The zero-order valence-corrected chi connectivity index (χ0v) is 25.0. The molecule has 40 heavy (non-hydrogen) atoms. The predicted octanol–water partition coefficient (Wildman–Crippen LogP) is 6.45. The number of benzene rings is 3. The largest absolute Gasteiger partial charge is 0.479 e. The Bertz CT molecular complexity index is 1610. The van der Waals surface area contributed by atoms with Gasteiger partial charge in [0.05, 0.1) is 30.7 Å². The fourth-order valence-corrected chi connectivity index (χ4v) is 6.56. The zero-order chi connectivity index (χ0) is 29.7. The van der Waals surface area contributed by atoms with Crippen molar-refractivity contribution in [3.63, 3.8) is 0 Å². The lowest BCUT2D eigenvalue weighted by atomic mass is 9.79. The highest BCUT2D eigenvalue weighted by Gasteiger charge is 2.39. The standard InChI is InChI=1S/C31H36FNO6S/c1-17-12-13-22(21(14-17)16-38-7)24-18(2)25-27-20(10-9-11-23(27)32)15-33(40(8,36)37)28(25)19(3)26(24)29(30(34)35)39-31(4,5)6/h9-14,29H,15-16H2,1-8H3,(H,34,35)/t29-/m0/s1. The molecule has 214 valence electrons. The van der Waals surface area contributed by atoms with Crippen LogP contribution in [0.1, 0.15) is 60.3 Å². The number of halogens is 1. The number of carboxylic acids is 1. The van der Waals surface area contributed by atoms with E-state index in [1.165, 1.54) is 10.4 Å². The first kappa shape index (κ1) is 29.7. The molecule has 0 aliphatic carbocycles. The van der Waals surface area contributed by atoms with Gasteiger partial charge in [-0.3, -0.25) is 4.31 Å². The van der Waals surface area contributed by atoms with Crippen LogP contribution in [-0.4, -0.2) is 38.5 Å². The Balaban J connectivity index is 2.27. The normalized spacial score (nSPS) is 14.1. The van der Waals surface area contributed by atoms with Gasteiger partial charge in [0.1, 0.15) is 5.82 Å². The van der Waals surface area contributed by atoms with E-state index in [1.54, 1.807) is 53.9 Å². The molecule has 1 heterocycles. The van der Waals surface area contributed by atoms with E-state index in [9.17, 15) is 18.3 Å². The molecule has 0 spiro atoms. The van der Waals surface area contributed by atoms with Gasteiger partial charge in [-0.1, -0.05) is 35.9 Å². The number of rotatable bonds is 7. The topological polar surface area (TPSA) is 93.1 Å². The summed E-state index contributed by atoms with van der Waals surface area (Å²) in [5.74, 6) is -1.69. The molecule has 1 aliphatic rings. The molecule has 3 aromatic rings. The van der Waals surface area contributed by atoms with Crippen LogP contribution >= 0.6 is 0 Å². The summed E-state index contributed by atoms with van der Waals surface area (Å²) in [6.45, 7) is 10.9. The molecule has 0 saturated carbocycles. The maximum atomic E-state index is 15.6. The zero-order valence-electron chi connectivity index (χ0n) is 24.2. The van der Waals surface area contributed by atoms with Crippen molar-refractivity contribution >= 4 is 21.7 Å². The van der Waals surface area contributed by atoms with Gasteiger partial charge in [0.25, 0.3) is 0 Å². The van der Waals surface area contributed by atoms with Crippen molar-refractivity contribution in [2.24, 2.45) is 0 Å². The van der Waals surface area contributed by atoms with Crippen molar-refractivity contribution in [3.8, 4) is 22.3 Å². The number of carbonyl (C=O) groups is 1. The number of nitrogens with zero attached hydrogens (tertiary/aromatic N) is 1. The molecular formula is C31H36FNO6S. The van der Waals surface area contributed by atoms with Crippen LogP contribution in [0.4, 0.5) is 10.1 Å². The molecule has 0 bridgehead atoms. The van der Waals surface area contributed by atoms with E-state index in [1.807, 2.05) is 25.1 Å². The van der Waals surface area contributed by atoms with Crippen molar-refractivity contribution in [2.45, 2.75) is 66.4 Å². The fraction of sp³-hybridized carbons (Fsp3) is 0.387. The fourth-order valence-electron chi connectivity index (χ4n) is 5.62. The molecule has 1 aliphatic heterocycles. The molecule has 0 saturated heterocycles. The van der Waals surface area contributed by atoms with Crippen LogP contribution in [0.25, 0.3) is 22.3 Å². The van der Waals surface area contributed by atoms with Gasteiger partial charge in [-0.25, -0.2) is 17.6 Å². The first-order valence-electron chi connectivity index (χ1n) is 13.0. The molecule has 1 atom stereocenters. The second kappa shape index (κ2) is 10.6. The Kier molecular flexibility index (Phi) is 7.88. The molecule has 9 heteroatoms. The third-order valence-electron chi connectivity index (χ3n) is 7.12. The Morgan fingerprint density at radius 1 is 1.07 bits per heavy atom. The summed E-state index contributed by atoms with van der Waals surface area (Å²) < 4.78 is 54.8. The van der Waals surface area contributed by atoms with Crippen LogP contribution in [-0.2, 0) is 37.4 Å². The summed E-state index contributed by atoms with van der Waals surface area (Å²) in [5.41, 5.74) is 5.05. The third kappa shape index (κ3) is 5.38. The number of hydrogen-bond acceptors (Lipinski definition) is 5. The average molecular weight is 570 g/mol. The molecule has 0 fully saturated rings. The number of sulfonamides is 1. The van der Waals surface area contributed by atoms with Crippen LogP contribution < -0.4 is 4.31 Å². The summed E-state index contributed by atoms with van der Waals surface area (Å²) in [4.78, 5) is 12.8. The van der Waals surface area contributed by atoms with Gasteiger partial charge in [0, 0.05) is 23.8 Å². The molecule has 3 aromatic carbocycles. The van der Waals surface area contributed by atoms with Crippen molar-refractivity contribution in [3.05, 3.63) is 75.6 Å². The number of hydrogen-bond donors (Lipinski definition) is 1. The quantitative estimate of drug-likeness (QED) is 0.351. The molecule has 4 rings (SSSR count). The van der Waals surface area contributed by atoms with Crippen LogP contribution in [0.3, 0.4) is 0 Å². The van der Waals surface area contributed by atoms with Gasteiger partial charge >= 0.3 is 5.97 Å². The Morgan fingerprint density at radius 2 is 1.75 bits per heavy atom. The summed E-state index contributed by atoms with van der Waals surface area (Å²) in [6.07, 6.45) is -0.334. The number of fused-ring (bicyclic) bond motifs is 3. The minimum absolute atomic E-state index is 0.0741. The minimum atomic E-state index is -3.83. The van der Waals surface area contributed by atoms with Crippen LogP contribution in [0, 0.1) is 26.6 Å². The SMILES string of the molecule is COCc1cc(C)ccc1-c1c(C)c2c(c(C)c1[C@H](OC(C)(C)C)C(=O)O)N(S(C)(=O)=O)Cc1cccc(F)c1-2. The summed E-state index contributed by atoms with van der Waals surface area (Å²) in [7, 11) is -2.25.